The maximum Gasteiger partial charge on any atom is 0.236 e. The molecule has 40 heavy (non-hydrogen) atoms. The predicted octanol–water partition coefficient (Wildman–Crippen LogP) is 5.84. The number of halogens is 1. The molecule has 2 N–H and O–H groups in total. The van der Waals surface area contributed by atoms with Crippen LogP contribution in [0.5, 0.6) is 5.88 Å². The van der Waals surface area contributed by atoms with Gasteiger partial charge in [-0.25, -0.2) is 4.39 Å². The standard InChI is InChI=1S/C33H43FN4O2/c1-21-15-22(2)17-26(16-21)29-28(23(3)19-35-12-9-24-7-6-8-27(34)18-24)32(37-36-29)40-20-33(4,5)31(39)30-25-10-13-38(30)14-11-25/h6-8,15-18,23,25,30,35H,9-14,19-20H2,1-5H3,(H,36,37)/t23-,30?/m1/s1. The molecule has 6 nitrogen and oxygen atoms in total. The first-order chi connectivity index (χ1) is 19.1. The second kappa shape index (κ2) is 11.8. The van der Waals surface area contributed by atoms with Crippen LogP contribution in [-0.2, 0) is 11.2 Å². The summed E-state index contributed by atoms with van der Waals surface area (Å²) in [4.78, 5) is 16.0. The molecule has 5 rings (SSSR count). The van der Waals surface area contributed by atoms with E-state index in [0.717, 1.165) is 61.3 Å². The molecule has 2 aromatic carbocycles. The van der Waals surface area contributed by atoms with Gasteiger partial charge < -0.3 is 10.1 Å². The van der Waals surface area contributed by atoms with Gasteiger partial charge in [0.25, 0.3) is 0 Å². The maximum atomic E-state index is 13.6. The van der Waals surface area contributed by atoms with Crippen molar-refractivity contribution in [1.29, 1.82) is 0 Å². The van der Waals surface area contributed by atoms with Crippen LogP contribution in [0.3, 0.4) is 0 Å². The fourth-order valence-corrected chi connectivity index (χ4v) is 6.50. The highest BCUT2D eigenvalue weighted by molar-refractivity contribution is 5.90. The lowest BCUT2D eigenvalue weighted by atomic mass is 9.81. The number of carbonyl (C=O) groups is 1. The number of ether oxygens (including phenoxy) is 1. The average molecular weight is 547 g/mol. The summed E-state index contributed by atoms with van der Waals surface area (Å²) in [5.74, 6) is 1.22. The Hall–Kier alpha value is -3.03. The molecule has 2 aliphatic rings. The first-order valence-corrected chi connectivity index (χ1v) is 14.7. The number of H-pyrrole nitrogens is 1. The van der Waals surface area contributed by atoms with Crippen LogP contribution in [0.25, 0.3) is 11.3 Å². The van der Waals surface area contributed by atoms with E-state index in [1.807, 2.05) is 19.9 Å². The van der Waals surface area contributed by atoms with Crippen LogP contribution in [-0.4, -0.2) is 59.7 Å². The lowest BCUT2D eigenvalue weighted by molar-refractivity contribution is -0.133. The zero-order valence-electron chi connectivity index (χ0n) is 24.5. The number of carbonyl (C=O) groups excluding carboxylic acids is 1. The fraction of sp³-hybridized carbons (Fsp3) is 0.515. The van der Waals surface area contributed by atoms with Gasteiger partial charge in [-0.1, -0.05) is 36.2 Å². The number of fused-ring (bicyclic) bond motifs is 2. The third-order valence-corrected chi connectivity index (χ3v) is 8.62. The van der Waals surface area contributed by atoms with Gasteiger partial charge in [-0.05, 0) is 102 Å². The molecule has 2 atom stereocenters. The summed E-state index contributed by atoms with van der Waals surface area (Å²) >= 11 is 0. The number of nitrogens with one attached hydrogen (secondary N) is 2. The Morgan fingerprint density at radius 1 is 1.18 bits per heavy atom. The topological polar surface area (TPSA) is 70.2 Å². The van der Waals surface area contributed by atoms with Gasteiger partial charge >= 0.3 is 0 Å². The van der Waals surface area contributed by atoms with Crippen molar-refractivity contribution in [2.24, 2.45) is 11.3 Å². The average Bonchev–Trinajstić information content (AvgIpc) is 3.63. The van der Waals surface area contributed by atoms with Gasteiger partial charge in [0, 0.05) is 23.6 Å². The summed E-state index contributed by atoms with van der Waals surface area (Å²) in [5.41, 5.74) is 5.77. The molecule has 0 aliphatic carbocycles. The van der Waals surface area contributed by atoms with Crippen LogP contribution in [0.4, 0.5) is 4.39 Å². The lowest BCUT2D eigenvalue weighted by Crippen LogP contribution is -2.44. The summed E-state index contributed by atoms with van der Waals surface area (Å²) in [5, 5.41) is 11.4. The van der Waals surface area contributed by atoms with Crippen molar-refractivity contribution in [3.63, 3.8) is 0 Å². The lowest BCUT2D eigenvalue weighted by Gasteiger charge is -2.29. The number of Topliss-reactive ketones (excluding diaryl/α,β-unsaturated/α-hetero) is 1. The van der Waals surface area contributed by atoms with Gasteiger partial charge in [-0.15, -0.1) is 5.10 Å². The molecule has 7 heteroatoms. The highest BCUT2D eigenvalue weighted by Crippen LogP contribution is 2.40. The van der Waals surface area contributed by atoms with Crippen molar-refractivity contribution >= 4 is 5.78 Å². The van der Waals surface area contributed by atoms with E-state index in [-0.39, 0.29) is 30.2 Å². The number of nitrogens with zero attached hydrogens (tertiary/aromatic N) is 2. The maximum absolute atomic E-state index is 13.6. The largest absolute Gasteiger partial charge is 0.475 e. The van der Waals surface area contributed by atoms with E-state index in [1.54, 1.807) is 12.1 Å². The number of benzene rings is 2. The number of piperidine rings is 1. The first-order valence-electron chi connectivity index (χ1n) is 14.7. The zero-order chi connectivity index (χ0) is 28.4. The second-order valence-electron chi connectivity index (χ2n) is 12.5. The molecule has 2 aliphatic heterocycles. The summed E-state index contributed by atoms with van der Waals surface area (Å²) in [6, 6.07) is 13.3. The number of aryl methyl sites for hydroxylation is 2. The van der Waals surface area contributed by atoms with Gasteiger partial charge in [0.15, 0.2) is 5.78 Å². The Balaban J connectivity index is 1.32. The molecular weight excluding hydrogens is 503 g/mol. The molecule has 3 heterocycles. The summed E-state index contributed by atoms with van der Waals surface area (Å²) in [6.45, 7) is 14.2. The molecule has 1 aromatic heterocycles. The van der Waals surface area contributed by atoms with E-state index < -0.39 is 5.41 Å². The van der Waals surface area contributed by atoms with E-state index in [9.17, 15) is 9.18 Å². The van der Waals surface area contributed by atoms with Gasteiger partial charge in [0.05, 0.1) is 17.2 Å². The van der Waals surface area contributed by atoms with Crippen molar-refractivity contribution < 1.29 is 13.9 Å². The fourth-order valence-electron chi connectivity index (χ4n) is 6.50. The van der Waals surface area contributed by atoms with Crippen molar-refractivity contribution in [1.82, 2.24) is 20.4 Å². The number of aromatic amines is 1. The number of hydrogen-bond acceptors (Lipinski definition) is 5. The van der Waals surface area contributed by atoms with Crippen molar-refractivity contribution in [2.75, 3.05) is 32.8 Å². The molecule has 2 bridgehead atoms. The van der Waals surface area contributed by atoms with Gasteiger partial charge in [0.1, 0.15) is 12.4 Å². The van der Waals surface area contributed by atoms with E-state index in [1.165, 1.54) is 17.2 Å². The van der Waals surface area contributed by atoms with Crippen molar-refractivity contribution in [3.8, 4) is 17.1 Å². The number of hydrogen-bond donors (Lipinski definition) is 2. The number of aromatic nitrogens is 2. The predicted molar refractivity (Wildman–Crippen MR) is 157 cm³/mol. The zero-order valence-corrected chi connectivity index (χ0v) is 24.5. The molecule has 2 fully saturated rings. The Morgan fingerprint density at radius 2 is 1.90 bits per heavy atom. The Kier molecular flexibility index (Phi) is 8.43. The summed E-state index contributed by atoms with van der Waals surface area (Å²) in [6.07, 6.45) is 3.00. The van der Waals surface area contributed by atoms with Crippen molar-refractivity contribution in [3.05, 3.63) is 70.5 Å². The molecule has 1 unspecified atom stereocenters. The molecule has 214 valence electrons. The van der Waals surface area contributed by atoms with Crippen LogP contribution >= 0.6 is 0 Å². The molecule has 2 saturated heterocycles. The minimum Gasteiger partial charge on any atom is -0.475 e. The third-order valence-electron chi connectivity index (χ3n) is 8.62. The molecule has 0 spiro atoms. The molecule has 0 amide bonds. The third kappa shape index (κ3) is 6.16. The number of rotatable bonds is 12. The van der Waals surface area contributed by atoms with E-state index >= 15 is 0 Å². The summed E-state index contributed by atoms with van der Waals surface area (Å²) in [7, 11) is 0. The molecular formula is C33H43FN4O2. The van der Waals surface area contributed by atoms with E-state index in [0.29, 0.717) is 18.3 Å². The molecule has 0 radical (unpaired) electrons. The van der Waals surface area contributed by atoms with Crippen LogP contribution in [0.1, 0.15) is 61.8 Å². The Labute approximate surface area is 237 Å². The first kappa shape index (κ1) is 28.5. The highest BCUT2D eigenvalue weighted by atomic mass is 19.1. The normalized spacial score (nSPS) is 21.1. The van der Waals surface area contributed by atoms with Crippen LogP contribution in [0, 0.1) is 31.0 Å². The minimum absolute atomic E-state index is 0.0318. The van der Waals surface area contributed by atoms with Crippen molar-refractivity contribution in [2.45, 2.75) is 65.8 Å². The monoisotopic (exact) mass is 546 g/mol. The quantitative estimate of drug-likeness (QED) is 0.280. The summed E-state index contributed by atoms with van der Waals surface area (Å²) < 4.78 is 20.0. The Morgan fingerprint density at radius 3 is 2.55 bits per heavy atom. The Bertz CT molecular complexity index is 1310. The van der Waals surface area contributed by atoms with Crippen LogP contribution in [0.15, 0.2) is 42.5 Å². The van der Waals surface area contributed by atoms with Gasteiger partial charge in [-0.2, -0.15) is 0 Å². The number of ketones is 1. The van der Waals surface area contributed by atoms with E-state index in [4.69, 9.17) is 4.74 Å². The smallest absolute Gasteiger partial charge is 0.236 e. The van der Waals surface area contributed by atoms with Gasteiger partial charge in [0.2, 0.25) is 5.88 Å². The van der Waals surface area contributed by atoms with E-state index in [2.05, 4.69) is 59.4 Å². The van der Waals surface area contributed by atoms with Gasteiger partial charge in [-0.3, -0.25) is 14.8 Å². The SMILES string of the molecule is Cc1cc(C)cc(-c2[nH]nc(OCC(C)(C)C(=O)C3C4CCN3CC4)c2[C@H](C)CNCCc2cccc(F)c2)c1. The second-order valence-corrected chi connectivity index (χ2v) is 12.5. The highest BCUT2D eigenvalue weighted by Gasteiger charge is 2.48. The minimum atomic E-state index is -0.613. The molecule has 3 aromatic rings. The van der Waals surface area contributed by atoms with Crippen LogP contribution < -0.4 is 10.1 Å². The van der Waals surface area contributed by atoms with Crippen LogP contribution in [0.2, 0.25) is 0 Å². The molecule has 0 saturated carbocycles.